The largest absolute Gasteiger partial charge is 0.550 e. The summed E-state index contributed by atoms with van der Waals surface area (Å²) in [7, 11) is 2.00. The van der Waals surface area contributed by atoms with Crippen LogP contribution in [0.5, 0.6) is 0 Å². The van der Waals surface area contributed by atoms with E-state index in [4.69, 9.17) is 0 Å². The average molecular weight is 398 g/mol. The van der Waals surface area contributed by atoms with E-state index in [0.29, 0.717) is 6.54 Å². The highest BCUT2D eigenvalue weighted by Gasteiger charge is 2.28. The number of carboxylic acids is 1. The Hall–Kier alpha value is -2.47. The molecule has 0 aliphatic carbocycles. The number of rotatable bonds is 5. The third-order valence-electron chi connectivity index (χ3n) is 5.06. The zero-order valence-corrected chi connectivity index (χ0v) is 17.7. The van der Waals surface area contributed by atoms with Gasteiger partial charge in [0.2, 0.25) is 6.41 Å². The van der Waals surface area contributed by atoms with Crippen molar-refractivity contribution >= 4 is 35.5 Å². The van der Waals surface area contributed by atoms with Crippen molar-refractivity contribution in [2.45, 2.75) is 56.0 Å². The lowest BCUT2D eigenvalue weighted by atomic mass is 10.0. The number of aryl methyl sites for hydroxylation is 1. The number of carbonyl (C=O) groups excluding carboxylic acids is 2. The van der Waals surface area contributed by atoms with E-state index in [1.54, 1.807) is 16.7 Å². The van der Waals surface area contributed by atoms with Gasteiger partial charge in [0.05, 0.1) is 11.4 Å². The topological polar surface area (TPSA) is 63.7 Å². The molecule has 1 heterocycles. The maximum atomic E-state index is 11.6. The summed E-state index contributed by atoms with van der Waals surface area (Å²) in [5.41, 5.74) is 4.68. The maximum Gasteiger partial charge on any atom is 0.210 e. The molecule has 3 rings (SSSR count). The van der Waals surface area contributed by atoms with Crippen molar-refractivity contribution in [1.82, 2.24) is 4.90 Å². The monoisotopic (exact) mass is 397 g/mol. The van der Waals surface area contributed by atoms with Gasteiger partial charge in [-0.05, 0) is 50.5 Å². The number of fused-ring (bicyclic) bond motifs is 2. The normalized spacial score (nSPS) is 13.0. The Morgan fingerprint density at radius 1 is 1.18 bits per heavy atom. The quantitative estimate of drug-likeness (QED) is 0.725. The van der Waals surface area contributed by atoms with Crippen molar-refractivity contribution in [2.24, 2.45) is 0 Å². The van der Waals surface area contributed by atoms with E-state index < -0.39 is 5.97 Å². The Bertz CT molecular complexity index is 934. The minimum atomic E-state index is -1.09. The van der Waals surface area contributed by atoms with Crippen LogP contribution in [-0.4, -0.2) is 29.9 Å². The molecule has 2 aromatic carbocycles. The van der Waals surface area contributed by atoms with Crippen molar-refractivity contribution in [1.29, 1.82) is 0 Å². The molecule has 5 nitrogen and oxygen atoms in total. The number of anilines is 2. The molecular formula is C22H25N2O3S-. The maximum absolute atomic E-state index is 11.6. The van der Waals surface area contributed by atoms with Crippen LogP contribution in [0.25, 0.3) is 0 Å². The minimum Gasteiger partial charge on any atom is -0.550 e. The molecular weight excluding hydrogens is 372 g/mol. The first-order valence-electron chi connectivity index (χ1n) is 9.21. The van der Waals surface area contributed by atoms with Gasteiger partial charge in [-0.3, -0.25) is 4.79 Å². The molecule has 0 radical (unpaired) electrons. The number of nitrogens with zero attached hydrogens (tertiary/aromatic N) is 2. The van der Waals surface area contributed by atoms with Crippen LogP contribution in [0.15, 0.2) is 40.1 Å². The lowest BCUT2D eigenvalue weighted by molar-refractivity contribution is -0.304. The predicted molar refractivity (Wildman–Crippen MR) is 110 cm³/mol. The summed E-state index contributed by atoms with van der Waals surface area (Å²) in [6.45, 7) is 8.54. The second-order valence-corrected chi connectivity index (χ2v) is 9.12. The molecule has 6 heteroatoms. The molecule has 0 bridgehead atoms. The Balaban J connectivity index is 2.10. The number of carboxylic acid groups (broad SMARTS) is 1. The molecule has 0 aromatic heterocycles. The molecule has 0 atom stereocenters. The number of aliphatic carboxylic acids is 1. The van der Waals surface area contributed by atoms with Crippen LogP contribution < -0.4 is 10.0 Å². The molecule has 0 N–H and O–H groups in total. The van der Waals surface area contributed by atoms with Gasteiger partial charge in [0.25, 0.3) is 0 Å². The first-order chi connectivity index (χ1) is 13.1. The van der Waals surface area contributed by atoms with E-state index in [2.05, 4.69) is 11.0 Å². The highest BCUT2D eigenvalue weighted by Crippen LogP contribution is 2.51. The van der Waals surface area contributed by atoms with Crippen molar-refractivity contribution < 1.29 is 14.7 Å². The van der Waals surface area contributed by atoms with Gasteiger partial charge in [-0.15, -0.1) is 0 Å². The molecule has 28 heavy (non-hydrogen) atoms. The van der Waals surface area contributed by atoms with Gasteiger partial charge in [0, 0.05) is 41.3 Å². The van der Waals surface area contributed by atoms with E-state index in [1.165, 1.54) is 0 Å². The van der Waals surface area contributed by atoms with Crippen LogP contribution in [0, 0.1) is 6.92 Å². The number of amides is 1. The summed E-state index contributed by atoms with van der Waals surface area (Å²) in [5.74, 6) is -1.09. The highest BCUT2D eigenvalue weighted by molar-refractivity contribution is 7.99. The molecule has 0 saturated carbocycles. The Morgan fingerprint density at radius 2 is 1.89 bits per heavy atom. The minimum absolute atomic E-state index is 0.122. The van der Waals surface area contributed by atoms with Gasteiger partial charge in [-0.2, -0.15) is 0 Å². The van der Waals surface area contributed by atoms with Gasteiger partial charge in [0.15, 0.2) is 0 Å². The SMILES string of the molecule is Cc1ccc(CC(=O)[O-])c2c1N(C)c1cccc(CN(C=O)C(C)(C)C)c1S2. The summed E-state index contributed by atoms with van der Waals surface area (Å²) >= 11 is 1.58. The summed E-state index contributed by atoms with van der Waals surface area (Å²) in [5, 5.41) is 11.2. The molecule has 148 valence electrons. The fourth-order valence-corrected chi connectivity index (χ4v) is 4.90. The smallest absolute Gasteiger partial charge is 0.210 e. The molecule has 0 fully saturated rings. The van der Waals surface area contributed by atoms with Crippen LogP contribution in [-0.2, 0) is 22.6 Å². The van der Waals surface area contributed by atoms with Crippen molar-refractivity contribution in [3.63, 3.8) is 0 Å². The van der Waals surface area contributed by atoms with Crippen LogP contribution in [0.3, 0.4) is 0 Å². The Morgan fingerprint density at radius 3 is 2.50 bits per heavy atom. The van der Waals surface area contributed by atoms with Crippen molar-refractivity contribution in [3.05, 3.63) is 47.0 Å². The van der Waals surface area contributed by atoms with Gasteiger partial charge in [-0.25, -0.2) is 0 Å². The zero-order chi connectivity index (χ0) is 20.6. The summed E-state index contributed by atoms with van der Waals surface area (Å²) < 4.78 is 0. The van der Waals surface area contributed by atoms with Crippen LogP contribution in [0.2, 0.25) is 0 Å². The van der Waals surface area contributed by atoms with Gasteiger partial charge < -0.3 is 19.7 Å². The number of benzene rings is 2. The van der Waals surface area contributed by atoms with E-state index in [9.17, 15) is 14.7 Å². The number of hydrogen-bond acceptors (Lipinski definition) is 5. The predicted octanol–water partition coefficient (Wildman–Crippen LogP) is 3.28. The first kappa shape index (κ1) is 20.3. The molecule has 0 saturated heterocycles. The number of carbonyl (C=O) groups is 2. The van der Waals surface area contributed by atoms with Crippen LogP contribution in [0.4, 0.5) is 11.4 Å². The zero-order valence-electron chi connectivity index (χ0n) is 16.9. The van der Waals surface area contributed by atoms with E-state index in [1.807, 2.05) is 59.0 Å². The average Bonchev–Trinajstić information content (AvgIpc) is 2.61. The summed E-state index contributed by atoms with van der Waals surface area (Å²) in [6, 6.07) is 9.91. The van der Waals surface area contributed by atoms with Crippen molar-refractivity contribution in [2.75, 3.05) is 11.9 Å². The fourth-order valence-electron chi connectivity index (χ4n) is 3.45. The lowest BCUT2D eigenvalue weighted by Gasteiger charge is -2.36. The highest BCUT2D eigenvalue weighted by atomic mass is 32.2. The van der Waals surface area contributed by atoms with Gasteiger partial charge in [-0.1, -0.05) is 36.0 Å². The van der Waals surface area contributed by atoms with Gasteiger partial charge >= 0.3 is 0 Å². The van der Waals surface area contributed by atoms with Crippen molar-refractivity contribution in [3.8, 4) is 0 Å². The van der Waals surface area contributed by atoms with Crippen LogP contribution >= 0.6 is 11.8 Å². The van der Waals surface area contributed by atoms with E-state index in [-0.39, 0.29) is 12.0 Å². The fraction of sp³-hybridized carbons (Fsp3) is 0.364. The third-order valence-corrected chi connectivity index (χ3v) is 6.39. The molecule has 1 amide bonds. The van der Waals surface area contributed by atoms with Gasteiger partial charge in [0.1, 0.15) is 0 Å². The molecule has 2 aromatic rings. The second-order valence-electron chi connectivity index (χ2n) is 8.10. The van der Waals surface area contributed by atoms with E-state index >= 15 is 0 Å². The molecule has 1 aliphatic heterocycles. The first-order valence-corrected chi connectivity index (χ1v) is 10.0. The molecule has 0 unspecified atom stereocenters. The summed E-state index contributed by atoms with van der Waals surface area (Å²) in [6.07, 6.45) is 0.764. The van der Waals surface area contributed by atoms with Crippen LogP contribution in [0.1, 0.15) is 37.5 Å². The molecule has 1 aliphatic rings. The second kappa shape index (κ2) is 7.51. The Kier molecular flexibility index (Phi) is 5.44. The van der Waals surface area contributed by atoms with E-state index in [0.717, 1.165) is 44.3 Å². The lowest BCUT2D eigenvalue weighted by Crippen LogP contribution is -2.39. The molecule has 0 spiro atoms. The third kappa shape index (κ3) is 3.74. The Labute approximate surface area is 170 Å². The standard InChI is InChI=1S/C22H26N2O3S/c1-14-9-10-15(11-18(26)27)21-19(14)23(5)17-8-6-7-16(20(17)28-21)12-24(13-25)22(2,3)4/h6-10,13H,11-12H2,1-5H3,(H,26,27)/p-1. The number of hydrogen-bond donors (Lipinski definition) is 0. The summed E-state index contributed by atoms with van der Waals surface area (Å²) in [4.78, 5) is 28.8.